The number of furan rings is 1. The maximum atomic E-state index is 14.1. The number of anilines is 2. The lowest BCUT2D eigenvalue weighted by Crippen LogP contribution is -2.63. The zero-order valence-electron chi connectivity index (χ0n) is 20.6. The number of ketones is 1. The summed E-state index contributed by atoms with van der Waals surface area (Å²) in [6.07, 6.45) is 4.99. The fraction of sp³-hybridized carbons (Fsp3) is 0.423. The average Bonchev–Trinajstić information content (AvgIpc) is 3.56. The maximum Gasteiger partial charge on any atom is 0.329 e. The first-order valence-corrected chi connectivity index (χ1v) is 12.6. The number of imide groups is 1. The monoisotopic (exact) mass is 525 g/mol. The number of Topliss-reactive ketones (excluding diaryl/α,β-unsaturated/α-hetero) is 1. The van der Waals surface area contributed by atoms with Crippen LogP contribution < -0.4 is 25.8 Å². The number of nitrogens with one attached hydrogen (secondary N) is 3. The van der Waals surface area contributed by atoms with Crippen molar-refractivity contribution in [2.24, 2.45) is 0 Å². The highest BCUT2D eigenvalue weighted by atomic mass is 19.1. The summed E-state index contributed by atoms with van der Waals surface area (Å²) in [5.74, 6) is -2.22. The van der Waals surface area contributed by atoms with Gasteiger partial charge in [0.2, 0.25) is 5.91 Å². The lowest BCUT2D eigenvalue weighted by Gasteiger charge is -2.39. The highest BCUT2D eigenvalue weighted by Gasteiger charge is 2.43. The van der Waals surface area contributed by atoms with E-state index in [0.717, 1.165) is 30.2 Å². The van der Waals surface area contributed by atoms with E-state index < -0.39 is 41.2 Å². The number of amides is 5. The topological polar surface area (TPSA) is 141 Å². The van der Waals surface area contributed by atoms with Crippen molar-refractivity contribution in [2.75, 3.05) is 29.4 Å². The van der Waals surface area contributed by atoms with Crippen LogP contribution in [0.1, 0.15) is 49.1 Å². The molecule has 3 heterocycles. The third kappa shape index (κ3) is 4.85. The highest BCUT2D eigenvalue weighted by molar-refractivity contribution is 6.21. The molecule has 12 heteroatoms. The Morgan fingerprint density at radius 3 is 2.53 bits per heavy atom. The molecule has 1 aliphatic carbocycles. The molecule has 0 radical (unpaired) electrons. The third-order valence-electron chi connectivity index (χ3n) is 7.33. The Morgan fingerprint density at radius 2 is 1.87 bits per heavy atom. The van der Waals surface area contributed by atoms with Crippen LogP contribution in [0.15, 0.2) is 41.0 Å². The summed E-state index contributed by atoms with van der Waals surface area (Å²) in [7, 11) is 0. The lowest BCUT2D eigenvalue weighted by atomic mass is 9.80. The van der Waals surface area contributed by atoms with E-state index in [1.54, 1.807) is 11.0 Å². The fourth-order valence-corrected chi connectivity index (χ4v) is 5.34. The summed E-state index contributed by atoms with van der Waals surface area (Å²) in [5.41, 5.74) is -0.723. The van der Waals surface area contributed by atoms with Crippen molar-refractivity contribution < 1.29 is 32.8 Å². The number of piperidine rings is 1. The zero-order valence-corrected chi connectivity index (χ0v) is 20.6. The molecule has 1 aromatic carbocycles. The zero-order chi connectivity index (χ0) is 26.9. The van der Waals surface area contributed by atoms with E-state index in [0.29, 0.717) is 25.1 Å². The molecule has 3 N–H and O–H groups in total. The van der Waals surface area contributed by atoms with E-state index in [4.69, 9.17) is 4.42 Å². The molecule has 1 aromatic heterocycles. The van der Waals surface area contributed by atoms with Crippen LogP contribution in [-0.4, -0.2) is 60.8 Å². The van der Waals surface area contributed by atoms with Crippen LogP contribution in [0.25, 0.3) is 0 Å². The van der Waals surface area contributed by atoms with Crippen LogP contribution in [-0.2, 0) is 14.4 Å². The van der Waals surface area contributed by atoms with Crippen LogP contribution in [0.3, 0.4) is 0 Å². The van der Waals surface area contributed by atoms with E-state index in [1.807, 2.05) is 0 Å². The van der Waals surface area contributed by atoms with E-state index in [-0.39, 0.29) is 36.7 Å². The van der Waals surface area contributed by atoms with Gasteiger partial charge in [-0.15, -0.1) is 0 Å². The lowest BCUT2D eigenvalue weighted by molar-refractivity contribution is -0.133. The first-order valence-electron chi connectivity index (χ1n) is 12.6. The number of hydrogen-bond donors (Lipinski definition) is 3. The molecule has 2 saturated heterocycles. The molecule has 5 amide bonds. The van der Waals surface area contributed by atoms with E-state index in [1.165, 1.54) is 24.5 Å². The molecule has 1 atom stereocenters. The molecule has 5 rings (SSSR count). The largest absolute Gasteiger partial charge is 0.459 e. The van der Waals surface area contributed by atoms with Gasteiger partial charge in [-0.25, -0.2) is 14.1 Å². The molecular formula is C26H28FN5O6. The molecule has 1 unspecified atom stereocenters. The SMILES string of the molecule is O=C(NC1(C(=O)NC2CCN(c3ccc(F)cc3N3C(=O)CNC3=O)CC2=O)CCCCC1)c1ccco1. The minimum atomic E-state index is -1.15. The van der Waals surface area contributed by atoms with Gasteiger partial charge in [-0.3, -0.25) is 19.2 Å². The first-order chi connectivity index (χ1) is 18.3. The number of rotatable bonds is 6. The van der Waals surface area contributed by atoms with Crippen LogP contribution in [0.4, 0.5) is 20.6 Å². The van der Waals surface area contributed by atoms with Crippen molar-refractivity contribution in [3.8, 4) is 0 Å². The van der Waals surface area contributed by atoms with E-state index >= 15 is 0 Å². The second kappa shape index (κ2) is 10.3. The van der Waals surface area contributed by atoms with Crippen molar-refractivity contribution in [3.63, 3.8) is 0 Å². The number of benzene rings is 1. The van der Waals surface area contributed by atoms with Gasteiger partial charge in [-0.1, -0.05) is 19.3 Å². The van der Waals surface area contributed by atoms with Crippen LogP contribution in [0.2, 0.25) is 0 Å². The van der Waals surface area contributed by atoms with Crippen molar-refractivity contribution in [1.29, 1.82) is 0 Å². The van der Waals surface area contributed by atoms with Gasteiger partial charge < -0.3 is 25.3 Å². The van der Waals surface area contributed by atoms with Gasteiger partial charge >= 0.3 is 6.03 Å². The van der Waals surface area contributed by atoms with Crippen molar-refractivity contribution in [1.82, 2.24) is 16.0 Å². The summed E-state index contributed by atoms with van der Waals surface area (Å²) in [6, 6.07) is 5.38. The summed E-state index contributed by atoms with van der Waals surface area (Å²) >= 11 is 0. The molecule has 3 aliphatic rings. The Morgan fingerprint density at radius 1 is 1.08 bits per heavy atom. The Labute approximate surface area is 217 Å². The second-order valence-electron chi connectivity index (χ2n) is 9.80. The summed E-state index contributed by atoms with van der Waals surface area (Å²) < 4.78 is 19.2. The van der Waals surface area contributed by atoms with Gasteiger partial charge in [0, 0.05) is 12.6 Å². The molecule has 0 bridgehead atoms. The van der Waals surface area contributed by atoms with Crippen LogP contribution in [0, 0.1) is 5.82 Å². The maximum absolute atomic E-state index is 14.1. The molecule has 200 valence electrons. The van der Waals surface area contributed by atoms with Crippen molar-refractivity contribution in [2.45, 2.75) is 50.1 Å². The molecule has 11 nitrogen and oxygen atoms in total. The molecule has 1 saturated carbocycles. The average molecular weight is 526 g/mol. The van der Waals surface area contributed by atoms with Gasteiger partial charge in [0.1, 0.15) is 11.4 Å². The Hall–Kier alpha value is -4.22. The number of urea groups is 1. The first kappa shape index (κ1) is 25.4. The third-order valence-corrected chi connectivity index (χ3v) is 7.33. The van der Waals surface area contributed by atoms with Gasteiger partial charge in [-0.2, -0.15) is 0 Å². The van der Waals surface area contributed by atoms with E-state index in [2.05, 4.69) is 16.0 Å². The van der Waals surface area contributed by atoms with Gasteiger partial charge in [0.05, 0.1) is 36.8 Å². The quantitative estimate of drug-likeness (QED) is 0.489. The number of carbonyl (C=O) groups excluding carboxylic acids is 5. The highest BCUT2D eigenvalue weighted by Crippen LogP contribution is 2.34. The molecule has 2 aliphatic heterocycles. The summed E-state index contributed by atoms with van der Waals surface area (Å²) in [4.78, 5) is 66.3. The standard InChI is InChI=1S/C26H28FN5O6/c27-16-6-7-18(19(13-16)32-22(34)14-28-25(32)37)31-11-8-17(20(33)15-31)29-24(36)26(9-2-1-3-10-26)30-23(35)21-5-4-12-38-21/h4-7,12-13,17H,1-3,8-11,14-15H2,(H,28,37)(H,29,36)(H,30,35). The van der Waals surface area contributed by atoms with Crippen LogP contribution in [0.5, 0.6) is 0 Å². The Kier molecular flexibility index (Phi) is 6.87. The predicted molar refractivity (Wildman–Crippen MR) is 133 cm³/mol. The number of carbonyl (C=O) groups is 5. The van der Waals surface area contributed by atoms with Crippen molar-refractivity contribution in [3.05, 3.63) is 48.2 Å². The van der Waals surface area contributed by atoms with Gasteiger partial charge in [0.15, 0.2) is 11.5 Å². The normalized spacial score (nSPS) is 21.3. The number of nitrogens with zero attached hydrogens (tertiary/aromatic N) is 2. The van der Waals surface area contributed by atoms with E-state index in [9.17, 15) is 28.4 Å². The Bertz CT molecular complexity index is 1260. The van der Waals surface area contributed by atoms with Crippen LogP contribution >= 0.6 is 0 Å². The number of hydrogen-bond acceptors (Lipinski definition) is 7. The van der Waals surface area contributed by atoms with Gasteiger partial charge in [-0.05, 0) is 43.5 Å². The molecular weight excluding hydrogens is 497 g/mol. The molecule has 3 fully saturated rings. The minimum absolute atomic E-state index is 0.0575. The predicted octanol–water partition coefficient (Wildman–Crippen LogP) is 1.87. The summed E-state index contributed by atoms with van der Waals surface area (Å²) in [5, 5.41) is 8.10. The molecule has 38 heavy (non-hydrogen) atoms. The smallest absolute Gasteiger partial charge is 0.329 e. The Balaban J connectivity index is 1.29. The molecule has 0 spiro atoms. The number of halogens is 1. The fourth-order valence-electron chi connectivity index (χ4n) is 5.34. The van der Waals surface area contributed by atoms with Crippen molar-refractivity contribution >= 4 is 40.9 Å². The van der Waals surface area contributed by atoms with Gasteiger partial charge in [0.25, 0.3) is 11.8 Å². The minimum Gasteiger partial charge on any atom is -0.459 e. The second-order valence-corrected chi connectivity index (χ2v) is 9.80. The summed E-state index contributed by atoms with van der Waals surface area (Å²) in [6.45, 7) is 0.00371. The molecule has 2 aromatic rings.